The quantitative estimate of drug-likeness (QED) is 0.386. The van der Waals surface area contributed by atoms with Gasteiger partial charge in [0.15, 0.2) is 11.6 Å². The largest absolute Gasteiger partial charge is 0.322 e. The Morgan fingerprint density at radius 1 is 0.974 bits per heavy atom. The number of piperazine rings is 1. The molecule has 202 valence electrons. The lowest BCUT2D eigenvalue weighted by Crippen LogP contribution is -2.51. The van der Waals surface area contributed by atoms with Crippen molar-refractivity contribution in [3.8, 4) is 11.3 Å². The van der Waals surface area contributed by atoms with Crippen LogP contribution >= 0.6 is 0 Å². The molecular formula is C28H29F3N8. The van der Waals surface area contributed by atoms with Crippen molar-refractivity contribution in [2.24, 2.45) is 0 Å². The van der Waals surface area contributed by atoms with E-state index in [4.69, 9.17) is 0 Å². The molecule has 1 aromatic carbocycles. The monoisotopic (exact) mass is 534 g/mol. The number of aryl methyl sites for hydroxylation is 1. The number of likely N-dealkylation sites (N-methyl/N-ethyl adjacent to an activating group) is 1. The first-order chi connectivity index (χ1) is 19.0. The zero-order valence-corrected chi connectivity index (χ0v) is 21.6. The molecule has 6 heterocycles. The summed E-state index contributed by atoms with van der Waals surface area (Å²) < 4.78 is 45.1. The predicted molar refractivity (Wildman–Crippen MR) is 141 cm³/mol. The number of fused-ring (bicyclic) bond motifs is 5. The summed E-state index contributed by atoms with van der Waals surface area (Å²) in [6.07, 6.45) is 6.60. The van der Waals surface area contributed by atoms with Crippen molar-refractivity contribution in [2.45, 2.75) is 50.4 Å². The van der Waals surface area contributed by atoms with Crippen LogP contribution in [0.15, 0.2) is 36.7 Å². The summed E-state index contributed by atoms with van der Waals surface area (Å²) in [5, 5.41) is 3.03. The second-order valence-corrected chi connectivity index (χ2v) is 10.9. The van der Waals surface area contributed by atoms with Gasteiger partial charge in [0.2, 0.25) is 5.95 Å². The Morgan fingerprint density at radius 2 is 1.79 bits per heavy atom. The minimum absolute atomic E-state index is 0.0556. The number of alkyl halides is 1. The standard InChI is InChI=1S/C28H29F3N8/c1-37-19-3-4-20(37)15-38(14-19)13-16-2-6-24(32-11-16)34-28-33-12-22(31)26(36-28)17-8-21(30)27-23(9-17)39-18(10-29)5-7-25(39)35-27/h2,6,8-9,11-12,18-20H,3-5,7,10,13-15H2,1H3,(H,32,33,34,36). The van der Waals surface area contributed by atoms with Crippen LogP contribution in [0.2, 0.25) is 0 Å². The van der Waals surface area contributed by atoms with Crippen LogP contribution in [-0.2, 0) is 13.0 Å². The molecule has 2 saturated heterocycles. The summed E-state index contributed by atoms with van der Waals surface area (Å²) in [4.78, 5) is 22.2. The zero-order valence-electron chi connectivity index (χ0n) is 21.6. The van der Waals surface area contributed by atoms with Crippen molar-refractivity contribution in [1.82, 2.24) is 34.3 Å². The maximum Gasteiger partial charge on any atom is 0.229 e. The van der Waals surface area contributed by atoms with E-state index in [0.717, 1.165) is 31.4 Å². The Kier molecular flexibility index (Phi) is 6.00. The lowest BCUT2D eigenvalue weighted by Gasteiger charge is -2.38. The highest BCUT2D eigenvalue weighted by Gasteiger charge is 2.37. The van der Waals surface area contributed by atoms with Crippen LogP contribution < -0.4 is 5.32 Å². The van der Waals surface area contributed by atoms with Gasteiger partial charge in [-0.2, -0.15) is 0 Å². The van der Waals surface area contributed by atoms with E-state index in [1.807, 2.05) is 18.3 Å². The van der Waals surface area contributed by atoms with Gasteiger partial charge in [0.25, 0.3) is 0 Å². The van der Waals surface area contributed by atoms with Gasteiger partial charge < -0.3 is 9.88 Å². The van der Waals surface area contributed by atoms with Crippen LogP contribution in [0, 0.1) is 11.6 Å². The van der Waals surface area contributed by atoms with Crippen molar-refractivity contribution < 1.29 is 13.2 Å². The summed E-state index contributed by atoms with van der Waals surface area (Å²) >= 11 is 0. The molecule has 11 heteroatoms. The number of hydrogen-bond acceptors (Lipinski definition) is 7. The molecule has 0 saturated carbocycles. The van der Waals surface area contributed by atoms with Gasteiger partial charge in [-0.05, 0) is 50.1 Å². The van der Waals surface area contributed by atoms with E-state index < -0.39 is 24.4 Å². The fourth-order valence-corrected chi connectivity index (χ4v) is 6.42. The van der Waals surface area contributed by atoms with Crippen molar-refractivity contribution >= 4 is 22.8 Å². The summed E-state index contributed by atoms with van der Waals surface area (Å²) in [7, 11) is 2.23. The van der Waals surface area contributed by atoms with E-state index in [-0.39, 0.29) is 22.7 Å². The highest BCUT2D eigenvalue weighted by atomic mass is 19.1. The van der Waals surface area contributed by atoms with Gasteiger partial charge >= 0.3 is 0 Å². The number of aromatic nitrogens is 5. The zero-order chi connectivity index (χ0) is 26.7. The fraction of sp³-hybridized carbons (Fsp3) is 0.429. The number of pyridine rings is 1. The van der Waals surface area contributed by atoms with Crippen LogP contribution in [0.3, 0.4) is 0 Å². The van der Waals surface area contributed by atoms with Gasteiger partial charge in [0.05, 0.1) is 17.8 Å². The van der Waals surface area contributed by atoms with Gasteiger partial charge in [-0.1, -0.05) is 6.07 Å². The number of anilines is 2. The third-order valence-corrected chi connectivity index (χ3v) is 8.48. The summed E-state index contributed by atoms with van der Waals surface area (Å²) in [5.74, 6) is 0.0227. The molecule has 0 spiro atoms. The lowest BCUT2D eigenvalue weighted by molar-refractivity contribution is 0.0837. The third kappa shape index (κ3) is 4.33. The van der Waals surface area contributed by atoms with Crippen molar-refractivity contribution in [2.75, 3.05) is 32.1 Å². The number of hydrogen-bond donors (Lipinski definition) is 1. The highest BCUT2D eigenvalue weighted by Crippen LogP contribution is 2.35. The molecule has 3 atom stereocenters. The Bertz CT molecular complexity index is 1520. The number of nitrogens with zero attached hydrogens (tertiary/aromatic N) is 7. The third-order valence-electron chi connectivity index (χ3n) is 8.48. The van der Waals surface area contributed by atoms with E-state index in [1.165, 1.54) is 18.9 Å². The van der Waals surface area contributed by atoms with Crippen molar-refractivity contribution in [1.29, 1.82) is 0 Å². The molecule has 3 aliphatic rings. The first-order valence-corrected chi connectivity index (χ1v) is 13.4. The summed E-state index contributed by atoms with van der Waals surface area (Å²) in [6.45, 7) is 2.42. The van der Waals surface area contributed by atoms with Gasteiger partial charge in [0.1, 0.15) is 29.5 Å². The van der Waals surface area contributed by atoms with Crippen LogP contribution in [0.1, 0.15) is 36.7 Å². The molecule has 8 nitrogen and oxygen atoms in total. The molecule has 39 heavy (non-hydrogen) atoms. The molecule has 3 unspecified atom stereocenters. The van der Waals surface area contributed by atoms with E-state index >= 15 is 4.39 Å². The minimum atomic E-state index is -0.688. The topological polar surface area (TPSA) is 75.0 Å². The maximum absolute atomic E-state index is 15.0. The molecule has 2 bridgehead atoms. The molecule has 1 N–H and O–H groups in total. The number of halogens is 3. The van der Waals surface area contributed by atoms with E-state index in [2.05, 4.69) is 42.1 Å². The van der Waals surface area contributed by atoms with Gasteiger partial charge in [0, 0.05) is 49.9 Å². The number of nitrogens with one attached hydrogen (secondary N) is 1. The van der Waals surface area contributed by atoms with Crippen molar-refractivity contribution in [3.63, 3.8) is 0 Å². The van der Waals surface area contributed by atoms with Crippen LogP contribution in [-0.4, -0.2) is 73.2 Å². The Balaban J connectivity index is 1.11. The smallest absolute Gasteiger partial charge is 0.229 e. The average Bonchev–Trinajstić information content (AvgIpc) is 3.56. The van der Waals surface area contributed by atoms with Crippen molar-refractivity contribution in [3.05, 3.63) is 59.7 Å². The first-order valence-electron chi connectivity index (χ1n) is 13.4. The molecule has 3 aliphatic heterocycles. The maximum atomic E-state index is 15.0. The number of imidazole rings is 1. The fourth-order valence-electron chi connectivity index (χ4n) is 6.42. The Labute approximate surface area is 223 Å². The molecule has 0 radical (unpaired) electrons. The molecular weight excluding hydrogens is 505 g/mol. The first kappa shape index (κ1) is 24.5. The molecule has 0 aliphatic carbocycles. The second-order valence-electron chi connectivity index (χ2n) is 10.9. The van der Waals surface area contributed by atoms with Gasteiger partial charge in [-0.25, -0.2) is 33.1 Å². The number of benzene rings is 1. The normalized spacial score (nSPS) is 23.0. The average molecular weight is 535 g/mol. The summed E-state index contributed by atoms with van der Waals surface area (Å²) in [6, 6.07) is 7.58. The predicted octanol–water partition coefficient (Wildman–Crippen LogP) is 4.65. The van der Waals surface area contributed by atoms with Crippen LogP contribution in [0.25, 0.3) is 22.3 Å². The van der Waals surface area contributed by atoms with Gasteiger partial charge in [-0.3, -0.25) is 9.80 Å². The van der Waals surface area contributed by atoms with E-state index in [1.54, 1.807) is 10.6 Å². The van der Waals surface area contributed by atoms with Crippen LogP contribution in [0.4, 0.5) is 24.9 Å². The lowest BCUT2D eigenvalue weighted by atomic mass is 10.1. The Hall–Kier alpha value is -3.57. The molecule has 3 aromatic heterocycles. The molecule has 2 fully saturated rings. The SMILES string of the molecule is CN1C2CCC1CN(Cc1ccc(Nc3ncc(F)c(-c4cc(F)c5nc6n(c5c4)C(CF)CC6)n3)nc1)C2. The number of rotatable bonds is 6. The molecule has 4 aromatic rings. The van der Waals surface area contributed by atoms with E-state index in [9.17, 15) is 8.78 Å². The highest BCUT2D eigenvalue weighted by molar-refractivity contribution is 5.83. The minimum Gasteiger partial charge on any atom is -0.322 e. The Morgan fingerprint density at radius 3 is 2.54 bits per heavy atom. The van der Waals surface area contributed by atoms with E-state index in [0.29, 0.717) is 42.1 Å². The number of likely N-dealkylation sites (tertiary alicyclic amines) is 1. The van der Waals surface area contributed by atoms with Crippen LogP contribution in [0.5, 0.6) is 0 Å². The van der Waals surface area contributed by atoms with Gasteiger partial charge in [-0.15, -0.1) is 0 Å². The molecule has 7 rings (SSSR count). The summed E-state index contributed by atoms with van der Waals surface area (Å²) in [5.41, 5.74) is 1.90. The molecule has 0 amide bonds. The second kappa shape index (κ2) is 9.56.